The van der Waals surface area contributed by atoms with E-state index in [0.717, 1.165) is 5.56 Å². The maximum atomic E-state index is 12.4. The fourth-order valence-corrected chi connectivity index (χ4v) is 3.72. The van der Waals surface area contributed by atoms with Gasteiger partial charge in [0.1, 0.15) is 11.3 Å². The SMILES string of the molecule is CC1(C)CC(=O)C(CCC(=O)c2ccccc2)C(C)(C)[NH2+]1. The maximum absolute atomic E-state index is 12.4. The normalized spacial score (nSPS) is 23.8. The van der Waals surface area contributed by atoms with Gasteiger partial charge in [-0.1, -0.05) is 30.3 Å². The Morgan fingerprint density at radius 2 is 1.81 bits per heavy atom. The monoisotopic (exact) mass is 288 g/mol. The average molecular weight is 288 g/mol. The van der Waals surface area contributed by atoms with Crippen LogP contribution in [0.25, 0.3) is 0 Å². The Hall–Kier alpha value is -1.48. The van der Waals surface area contributed by atoms with E-state index in [-0.39, 0.29) is 22.8 Å². The molecule has 1 fully saturated rings. The minimum absolute atomic E-state index is 0.0411. The summed E-state index contributed by atoms with van der Waals surface area (Å²) in [7, 11) is 0. The first-order valence-electron chi connectivity index (χ1n) is 7.69. The molecular weight excluding hydrogens is 262 g/mol. The van der Waals surface area contributed by atoms with Crippen molar-refractivity contribution in [1.29, 1.82) is 0 Å². The van der Waals surface area contributed by atoms with Crippen LogP contribution in [-0.2, 0) is 4.79 Å². The first kappa shape index (κ1) is 15.9. The zero-order valence-electron chi connectivity index (χ0n) is 13.5. The van der Waals surface area contributed by atoms with Gasteiger partial charge in [0, 0.05) is 12.0 Å². The summed E-state index contributed by atoms with van der Waals surface area (Å²) in [5, 5.41) is 2.29. The van der Waals surface area contributed by atoms with Crippen LogP contribution in [0.4, 0.5) is 0 Å². The van der Waals surface area contributed by atoms with Crippen molar-refractivity contribution in [2.75, 3.05) is 0 Å². The first-order valence-corrected chi connectivity index (χ1v) is 7.69. The predicted octanol–water partition coefficient (Wildman–Crippen LogP) is 2.36. The standard InChI is InChI=1S/C18H25NO2/c1-17(2)12-16(21)14(18(3,4)19-17)10-11-15(20)13-8-6-5-7-9-13/h5-9,14,19H,10-12H2,1-4H3/p+1. The summed E-state index contributed by atoms with van der Waals surface area (Å²) >= 11 is 0. The maximum Gasteiger partial charge on any atom is 0.162 e. The van der Waals surface area contributed by atoms with Crippen LogP contribution in [0.3, 0.4) is 0 Å². The fraction of sp³-hybridized carbons (Fsp3) is 0.556. The summed E-state index contributed by atoms with van der Waals surface area (Å²) in [6.07, 6.45) is 1.67. The second-order valence-electron chi connectivity index (χ2n) is 7.48. The van der Waals surface area contributed by atoms with E-state index < -0.39 is 0 Å². The number of carbonyl (C=O) groups excluding carboxylic acids is 2. The molecule has 1 saturated heterocycles. The Morgan fingerprint density at radius 3 is 2.38 bits per heavy atom. The largest absolute Gasteiger partial charge is 0.337 e. The van der Waals surface area contributed by atoms with Crippen molar-refractivity contribution in [2.24, 2.45) is 5.92 Å². The Morgan fingerprint density at radius 1 is 1.19 bits per heavy atom. The molecule has 1 aromatic rings. The van der Waals surface area contributed by atoms with Crippen LogP contribution in [0.1, 0.15) is 57.3 Å². The minimum Gasteiger partial charge on any atom is -0.337 e. The molecule has 2 rings (SSSR count). The molecule has 1 aliphatic rings. The van der Waals surface area contributed by atoms with Crippen LogP contribution in [0, 0.1) is 5.92 Å². The van der Waals surface area contributed by atoms with Gasteiger partial charge in [0.15, 0.2) is 5.78 Å². The number of Topliss-reactive ketones (excluding diaryl/α,β-unsaturated/α-hetero) is 2. The molecule has 3 nitrogen and oxygen atoms in total. The molecule has 0 spiro atoms. The molecule has 21 heavy (non-hydrogen) atoms. The number of benzene rings is 1. The van der Waals surface area contributed by atoms with Gasteiger partial charge in [-0.2, -0.15) is 0 Å². The van der Waals surface area contributed by atoms with E-state index in [1.807, 2.05) is 30.3 Å². The minimum atomic E-state index is -0.143. The number of rotatable bonds is 4. The van der Waals surface area contributed by atoms with Gasteiger partial charge in [0.05, 0.1) is 17.9 Å². The van der Waals surface area contributed by atoms with Crippen molar-refractivity contribution < 1.29 is 14.9 Å². The van der Waals surface area contributed by atoms with E-state index in [9.17, 15) is 9.59 Å². The highest BCUT2D eigenvalue weighted by molar-refractivity contribution is 5.96. The van der Waals surface area contributed by atoms with E-state index in [1.54, 1.807) is 0 Å². The van der Waals surface area contributed by atoms with Gasteiger partial charge in [-0.25, -0.2) is 0 Å². The molecule has 114 valence electrons. The number of quaternary nitrogens is 1. The lowest BCUT2D eigenvalue weighted by Crippen LogP contribution is -3.07. The zero-order valence-corrected chi connectivity index (χ0v) is 13.5. The van der Waals surface area contributed by atoms with Gasteiger partial charge in [-0.3, -0.25) is 9.59 Å². The molecule has 1 unspecified atom stereocenters. The Kier molecular flexibility index (Phi) is 4.33. The summed E-state index contributed by atoms with van der Waals surface area (Å²) in [6.45, 7) is 8.45. The molecule has 0 saturated carbocycles. The summed E-state index contributed by atoms with van der Waals surface area (Å²) in [5.74, 6) is 0.385. The second kappa shape index (κ2) is 5.72. The van der Waals surface area contributed by atoms with Crippen LogP contribution in [0.15, 0.2) is 30.3 Å². The molecular formula is C18H26NO2+. The van der Waals surface area contributed by atoms with E-state index in [0.29, 0.717) is 25.0 Å². The van der Waals surface area contributed by atoms with Crippen molar-refractivity contribution in [2.45, 2.75) is 58.0 Å². The Balaban J connectivity index is 2.02. The van der Waals surface area contributed by atoms with Gasteiger partial charge in [0.2, 0.25) is 0 Å². The molecule has 0 amide bonds. The van der Waals surface area contributed by atoms with Crippen molar-refractivity contribution in [3.63, 3.8) is 0 Å². The van der Waals surface area contributed by atoms with Gasteiger partial charge in [-0.15, -0.1) is 0 Å². The van der Waals surface area contributed by atoms with E-state index in [4.69, 9.17) is 0 Å². The third-order valence-electron chi connectivity index (χ3n) is 4.44. The van der Waals surface area contributed by atoms with Crippen LogP contribution < -0.4 is 5.32 Å². The lowest BCUT2D eigenvalue weighted by Gasteiger charge is -2.43. The topological polar surface area (TPSA) is 50.8 Å². The van der Waals surface area contributed by atoms with Crippen molar-refractivity contribution in [3.8, 4) is 0 Å². The summed E-state index contributed by atoms with van der Waals surface area (Å²) in [5.41, 5.74) is 0.555. The molecule has 1 atom stereocenters. The van der Waals surface area contributed by atoms with Crippen LogP contribution in [-0.4, -0.2) is 22.6 Å². The van der Waals surface area contributed by atoms with Gasteiger partial charge in [-0.05, 0) is 34.1 Å². The third-order valence-corrected chi connectivity index (χ3v) is 4.44. The quantitative estimate of drug-likeness (QED) is 0.865. The van der Waals surface area contributed by atoms with Crippen LogP contribution in [0.2, 0.25) is 0 Å². The molecule has 1 aromatic carbocycles. The van der Waals surface area contributed by atoms with Crippen LogP contribution >= 0.6 is 0 Å². The average Bonchev–Trinajstić information content (AvgIpc) is 2.36. The van der Waals surface area contributed by atoms with Gasteiger partial charge < -0.3 is 5.32 Å². The highest BCUT2D eigenvalue weighted by atomic mass is 16.1. The highest BCUT2D eigenvalue weighted by Crippen LogP contribution is 2.28. The van der Waals surface area contributed by atoms with Gasteiger partial charge >= 0.3 is 0 Å². The number of ketones is 2. The molecule has 0 radical (unpaired) electrons. The lowest BCUT2D eigenvalue weighted by molar-refractivity contribution is -0.787. The molecule has 0 aliphatic carbocycles. The number of hydrogen-bond acceptors (Lipinski definition) is 2. The third kappa shape index (κ3) is 3.79. The Bertz CT molecular complexity index is 531. The number of nitrogens with two attached hydrogens (primary N) is 1. The zero-order chi connectivity index (χ0) is 15.7. The molecule has 3 heteroatoms. The van der Waals surface area contributed by atoms with Gasteiger partial charge in [0.25, 0.3) is 0 Å². The molecule has 0 bridgehead atoms. The van der Waals surface area contributed by atoms with E-state index >= 15 is 0 Å². The van der Waals surface area contributed by atoms with E-state index in [1.165, 1.54) is 0 Å². The first-order chi connectivity index (χ1) is 9.71. The summed E-state index contributed by atoms with van der Waals surface area (Å²) < 4.78 is 0. The van der Waals surface area contributed by atoms with Crippen molar-refractivity contribution in [3.05, 3.63) is 35.9 Å². The summed E-state index contributed by atoms with van der Waals surface area (Å²) in [6, 6.07) is 9.33. The smallest absolute Gasteiger partial charge is 0.162 e. The van der Waals surface area contributed by atoms with Crippen molar-refractivity contribution in [1.82, 2.24) is 0 Å². The summed E-state index contributed by atoms with van der Waals surface area (Å²) in [4.78, 5) is 24.7. The second-order valence-corrected chi connectivity index (χ2v) is 7.48. The van der Waals surface area contributed by atoms with E-state index in [2.05, 4.69) is 33.0 Å². The molecule has 0 aromatic heterocycles. The predicted molar refractivity (Wildman–Crippen MR) is 83.2 cm³/mol. The number of piperidine rings is 1. The number of carbonyl (C=O) groups is 2. The molecule has 2 N–H and O–H groups in total. The number of hydrogen-bond donors (Lipinski definition) is 1. The Labute approximate surface area is 127 Å². The van der Waals surface area contributed by atoms with Crippen molar-refractivity contribution >= 4 is 11.6 Å². The lowest BCUT2D eigenvalue weighted by atomic mass is 9.71. The van der Waals surface area contributed by atoms with Crippen LogP contribution in [0.5, 0.6) is 0 Å². The highest BCUT2D eigenvalue weighted by Gasteiger charge is 2.48. The molecule has 1 aliphatic heterocycles. The molecule has 1 heterocycles. The fourth-order valence-electron chi connectivity index (χ4n) is 3.72.